The van der Waals surface area contributed by atoms with Gasteiger partial charge in [-0.2, -0.15) is 0 Å². The summed E-state index contributed by atoms with van der Waals surface area (Å²) in [6.45, 7) is 2.01. The van der Waals surface area contributed by atoms with Gasteiger partial charge >= 0.3 is 5.97 Å². The number of hydrogen-bond donors (Lipinski definition) is 0. The maximum atomic E-state index is 11.7. The molecule has 0 heterocycles. The molecule has 1 rings (SSSR count). The summed E-state index contributed by atoms with van der Waals surface area (Å²) in [7, 11) is 2.90. The highest BCUT2D eigenvalue weighted by molar-refractivity contribution is 8.00. The van der Waals surface area contributed by atoms with E-state index in [0.717, 1.165) is 4.90 Å². The number of hydrogen-bond acceptors (Lipinski definition) is 4. The van der Waals surface area contributed by atoms with Crippen LogP contribution in [-0.2, 0) is 14.3 Å². The lowest BCUT2D eigenvalue weighted by Crippen LogP contribution is -2.33. The summed E-state index contributed by atoms with van der Waals surface area (Å²) in [5.41, 5.74) is 1.19. The van der Waals surface area contributed by atoms with Gasteiger partial charge in [0.25, 0.3) is 0 Å². The topological polar surface area (TPSA) is 46.6 Å². The van der Waals surface area contributed by atoms with Crippen LogP contribution < -0.4 is 0 Å². The van der Waals surface area contributed by atoms with Gasteiger partial charge in [-0.3, -0.25) is 9.59 Å². The first-order chi connectivity index (χ1) is 8.52. The second-order valence-electron chi connectivity index (χ2n) is 3.93. The van der Waals surface area contributed by atoms with Crippen molar-refractivity contribution in [1.29, 1.82) is 0 Å². The summed E-state index contributed by atoms with van der Waals surface area (Å²) >= 11 is 1.46. The number of rotatable bonds is 5. The Bertz CT molecular complexity index is 417. The Morgan fingerprint density at radius 3 is 2.44 bits per heavy atom. The number of carbonyl (C=O) groups excluding carboxylic acids is 2. The Kier molecular flexibility index (Phi) is 5.71. The van der Waals surface area contributed by atoms with Crippen LogP contribution >= 0.6 is 11.8 Å². The molecular formula is C13H17NO3S. The maximum Gasteiger partial charge on any atom is 0.325 e. The predicted molar refractivity (Wildman–Crippen MR) is 71.6 cm³/mol. The lowest BCUT2D eigenvalue weighted by atomic mass is 10.2. The lowest BCUT2D eigenvalue weighted by molar-refractivity contribution is -0.145. The number of ether oxygens (including phenoxy) is 1. The number of carbonyl (C=O) groups is 2. The number of benzene rings is 1. The van der Waals surface area contributed by atoms with Gasteiger partial charge in [0.15, 0.2) is 0 Å². The summed E-state index contributed by atoms with van der Waals surface area (Å²) in [6.07, 6.45) is 0. The molecule has 0 aliphatic rings. The summed E-state index contributed by atoms with van der Waals surface area (Å²) < 4.78 is 4.51. The number of thioether (sulfide) groups is 1. The first-order valence-corrected chi connectivity index (χ1v) is 6.51. The van der Waals surface area contributed by atoms with Gasteiger partial charge < -0.3 is 9.64 Å². The molecule has 98 valence electrons. The zero-order chi connectivity index (χ0) is 13.5. The minimum atomic E-state index is -0.411. The van der Waals surface area contributed by atoms with E-state index in [2.05, 4.69) is 4.74 Å². The van der Waals surface area contributed by atoms with Crippen molar-refractivity contribution in [3.05, 3.63) is 29.8 Å². The van der Waals surface area contributed by atoms with Crippen molar-refractivity contribution < 1.29 is 14.3 Å². The molecule has 1 aromatic carbocycles. The van der Waals surface area contributed by atoms with Crippen molar-refractivity contribution in [3.63, 3.8) is 0 Å². The van der Waals surface area contributed by atoms with E-state index in [9.17, 15) is 9.59 Å². The van der Waals surface area contributed by atoms with Crippen molar-refractivity contribution in [1.82, 2.24) is 4.90 Å². The molecule has 1 aromatic rings. The van der Waals surface area contributed by atoms with E-state index in [1.165, 1.54) is 29.3 Å². The Balaban J connectivity index is 2.41. The van der Waals surface area contributed by atoms with Gasteiger partial charge in [0.1, 0.15) is 6.54 Å². The van der Waals surface area contributed by atoms with Crippen LogP contribution in [-0.4, -0.2) is 43.2 Å². The predicted octanol–water partition coefficient (Wildman–Crippen LogP) is 1.72. The SMILES string of the molecule is COC(=O)CN(C)C(=O)CSc1ccc(C)cc1. The summed E-state index contributed by atoms with van der Waals surface area (Å²) in [5, 5.41) is 0. The fourth-order valence-corrected chi connectivity index (χ4v) is 2.08. The van der Waals surface area contributed by atoms with Crippen LogP contribution in [0.3, 0.4) is 0 Å². The molecule has 0 aliphatic carbocycles. The smallest absolute Gasteiger partial charge is 0.325 e. The van der Waals surface area contributed by atoms with Gasteiger partial charge in [0.05, 0.1) is 12.9 Å². The number of methoxy groups -OCH3 is 1. The quantitative estimate of drug-likeness (QED) is 0.602. The van der Waals surface area contributed by atoms with Crippen molar-refractivity contribution in [2.45, 2.75) is 11.8 Å². The molecule has 0 N–H and O–H groups in total. The first-order valence-electron chi connectivity index (χ1n) is 5.53. The van der Waals surface area contributed by atoms with Crippen molar-refractivity contribution in [2.75, 3.05) is 26.5 Å². The van der Waals surface area contributed by atoms with Crippen molar-refractivity contribution in [3.8, 4) is 0 Å². The number of aryl methyl sites for hydroxylation is 1. The van der Waals surface area contributed by atoms with Gasteiger partial charge in [-0.1, -0.05) is 17.7 Å². The monoisotopic (exact) mass is 267 g/mol. The van der Waals surface area contributed by atoms with Crippen LogP contribution in [0.5, 0.6) is 0 Å². The van der Waals surface area contributed by atoms with E-state index >= 15 is 0 Å². The van der Waals surface area contributed by atoms with E-state index in [1.54, 1.807) is 7.05 Å². The van der Waals surface area contributed by atoms with E-state index in [1.807, 2.05) is 31.2 Å². The van der Waals surface area contributed by atoms with Crippen LogP contribution in [0.25, 0.3) is 0 Å². The standard InChI is InChI=1S/C13H17NO3S/c1-10-4-6-11(7-5-10)18-9-12(15)14(2)8-13(16)17-3/h4-7H,8-9H2,1-3H3. The molecule has 0 unspecified atom stereocenters. The number of likely N-dealkylation sites (N-methyl/N-ethyl adjacent to an activating group) is 1. The average Bonchev–Trinajstić information content (AvgIpc) is 2.37. The van der Waals surface area contributed by atoms with Crippen molar-refractivity contribution in [2.24, 2.45) is 0 Å². The van der Waals surface area contributed by atoms with E-state index < -0.39 is 5.97 Å². The van der Waals surface area contributed by atoms with Gasteiger partial charge in [0, 0.05) is 11.9 Å². The van der Waals surface area contributed by atoms with Gasteiger partial charge in [-0.25, -0.2) is 0 Å². The Morgan fingerprint density at radius 1 is 1.28 bits per heavy atom. The molecule has 0 saturated carbocycles. The van der Waals surface area contributed by atoms with E-state index in [0.29, 0.717) is 5.75 Å². The van der Waals surface area contributed by atoms with Gasteiger partial charge in [-0.05, 0) is 19.1 Å². The number of amides is 1. The fraction of sp³-hybridized carbons (Fsp3) is 0.385. The van der Waals surface area contributed by atoms with Crippen LogP contribution in [0.2, 0.25) is 0 Å². The number of nitrogens with zero attached hydrogens (tertiary/aromatic N) is 1. The molecule has 18 heavy (non-hydrogen) atoms. The molecular weight excluding hydrogens is 250 g/mol. The van der Waals surface area contributed by atoms with Crippen LogP contribution in [0.1, 0.15) is 5.56 Å². The highest BCUT2D eigenvalue weighted by atomic mass is 32.2. The molecule has 0 bridgehead atoms. The van der Waals surface area contributed by atoms with E-state index in [-0.39, 0.29) is 12.5 Å². The molecule has 0 fully saturated rings. The fourth-order valence-electron chi connectivity index (χ4n) is 1.24. The summed E-state index contributed by atoms with van der Waals surface area (Å²) in [5.74, 6) is -0.187. The zero-order valence-electron chi connectivity index (χ0n) is 10.8. The zero-order valence-corrected chi connectivity index (χ0v) is 11.6. The Hall–Kier alpha value is -1.49. The highest BCUT2D eigenvalue weighted by Gasteiger charge is 2.13. The van der Waals surface area contributed by atoms with E-state index in [4.69, 9.17) is 0 Å². The average molecular weight is 267 g/mol. The molecule has 5 heteroatoms. The molecule has 0 aromatic heterocycles. The van der Waals surface area contributed by atoms with Gasteiger partial charge in [0.2, 0.25) is 5.91 Å². The third-order valence-electron chi connectivity index (χ3n) is 2.40. The first kappa shape index (κ1) is 14.6. The summed E-state index contributed by atoms with van der Waals surface area (Å²) in [6, 6.07) is 7.97. The van der Waals surface area contributed by atoms with Gasteiger partial charge in [-0.15, -0.1) is 11.8 Å². The van der Waals surface area contributed by atoms with Crippen LogP contribution in [0, 0.1) is 6.92 Å². The maximum absolute atomic E-state index is 11.7. The minimum Gasteiger partial charge on any atom is -0.468 e. The van der Waals surface area contributed by atoms with Crippen molar-refractivity contribution >= 4 is 23.6 Å². The molecule has 0 spiro atoms. The minimum absolute atomic E-state index is 0.0101. The Morgan fingerprint density at radius 2 is 1.89 bits per heavy atom. The third kappa shape index (κ3) is 4.79. The lowest BCUT2D eigenvalue weighted by Gasteiger charge is -2.15. The number of esters is 1. The van der Waals surface area contributed by atoms with Crippen LogP contribution in [0.15, 0.2) is 29.2 Å². The second kappa shape index (κ2) is 7.06. The van der Waals surface area contributed by atoms with Crippen LogP contribution in [0.4, 0.5) is 0 Å². The molecule has 0 saturated heterocycles. The highest BCUT2D eigenvalue weighted by Crippen LogP contribution is 2.18. The normalized spacial score (nSPS) is 9.94. The summed E-state index contributed by atoms with van der Waals surface area (Å²) in [4.78, 5) is 25.2. The second-order valence-corrected chi connectivity index (χ2v) is 4.98. The molecule has 0 radical (unpaired) electrons. The molecule has 1 amide bonds. The molecule has 0 atom stereocenters. The molecule has 4 nitrogen and oxygen atoms in total. The third-order valence-corrected chi connectivity index (χ3v) is 3.40. The Labute approximate surface area is 111 Å². The molecule has 0 aliphatic heterocycles. The largest absolute Gasteiger partial charge is 0.468 e.